The Balaban J connectivity index is 2.08. The molecule has 0 spiro atoms. The second-order valence-corrected chi connectivity index (χ2v) is 3.09. The van der Waals surface area contributed by atoms with Crippen molar-refractivity contribution < 1.29 is 9.53 Å². The summed E-state index contributed by atoms with van der Waals surface area (Å²) in [5.41, 5.74) is 0. The molecule has 0 aromatic heterocycles. The highest BCUT2D eigenvalue weighted by molar-refractivity contribution is 5.81. The third-order valence-electron chi connectivity index (χ3n) is 2.06. The van der Waals surface area contributed by atoms with Crippen LogP contribution >= 0.6 is 0 Å². The molecule has 3 nitrogen and oxygen atoms in total. The van der Waals surface area contributed by atoms with Crippen LogP contribution in [0, 0.1) is 11.3 Å². The van der Waals surface area contributed by atoms with Crippen molar-refractivity contribution in [2.45, 2.75) is 38.2 Å². The smallest absolute Gasteiger partial charge is 0.172 e. The van der Waals surface area contributed by atoms with Crippen molar-refractivity contribution in [2.75, 3.05) is 6.61 Å². The van der Waals surface area contributed by atoms with Gasteiger partial charge < -0.3 is 4.74 Å². The molecule has 1 aliphatic carbocycles. The molecule has 0 radical (unpaired) electrons. The van der Waals surface area contributed by atoms with Crippen LogP contribution in [-0.4, -0.2) is 18.5 Å². The Labute approximate surface area is 72.3 Å². The minimum absolute atomic E-state index is 0.0211. The number of nitrogens with zero attached hydrogens (tertiary/aromatic N) is 1. The van der Waals surface area contributed by atoms with Gasteiger partial charge in [-0.05, 0) is 12.8 Å². The quantitative estimate of drug-likeness (QED) is 0.636. The third kappa shape index (κ3) is 3.02. The van der Waals surface area contributed by atoms with Crippen molar-refractivity contribution in [3.8, 4) is 6.07 Å². The highest BCUT2D eigenvalue weighted by atomic mass is 16.5. The molecule has 0 heterocycles. The molecule has 1 aliphatic rings. The zero-order chi connectivity index (χ0) is 8.81. The summed E-state index contributed by atoms with van der Waals surface area (Å²) in [4.78, 5) is 10.9. The van der Waals surface area contributed by atoms with Crippen molar-refractivity contribution in [3.05, 3.63) is 0 Å². The highest BCUT2D eigenvalue weighted by Crippen LogP contribution is 2.20. The lowest BCUT2D eigenvalue weighted by Gasteiger charge is -2.08. The van der Waals surface area contributed by atoms with Crippen LogP contribution in [0.4, 0.5) is 0 Å². The maximum absolute atomic E-state index is 10.9. The summed E-state index contributed by atoms with van der Waals surface area (Å²) in [7, 11) is 0. The van der Waals surface area contributed by atoms with Gasteiger partial charge in [-0.1, -0.05) is 12.8 Å². The molecule has 0 bridgehead atoms. The zero-order valence-electron chi connectivity index (χ0n) is 7.08. The van der Waals surface area contributed by atoms with Gasteiger partial charge in [-0.2, -0.15) is 5.26 Å². The van der Waals surface area contributed by atoms with Crippen LogP contribution in [0.1, 0.15) is 32.1 Å². The SMILES string of the molecule is N#CCC(=O)COC1CCCC1. The Morgan fingerprint density at radius 2 is 2.17 bits per heavy atom. The first-order valence-electron chi connectivity index (χ1n) is 4.33. The molecule has 3 heteroatoms. The molecule has 0 aliphatic heterocycles. The minimum atomic E-state index is -0.107. The van der Waals surface area contributed by atoms with Gasteiger partial charge in [0.25, 0.3) is 0 Å². The lowest BCUT2D eigenvalue weighted by Crippen LogP contribution is -2.14. The largest absolute Gasteiger partial charge is 0.370 e. The van der Waals surface area contributed by atoms with Crippen LogP contribution in [0.5, 0.6) is 0 Å². The Bertz CT molecular complexity index is 189. The molecule has 1 saturated carbocycles. The summed E-state index contributed by atoms with van der Waals surface area (Å²) in [6.07, 6.45) is 4.80. The first-order chi connectivity index (χ1) is 5.83. The van der Waals surface area contributed by atoms with Crippen molar-refractivity contribution in [1.82, 2.24) is 0 Å². The van der Waals surface area contributed by atoms with Gasteiger partial charge in [-0.25, -0.2) is 0 Å². The topological polar surface area (TPSA) is 50.1 Å². The molecule has 0 unspecified atom stereocenters. The molecule has 0 saturated heterocycles. The average molecular weight is 167 g/mol. The van der Waals surface area contributed by atoms with Crippen molar-refractivity contribution in [1.29, 1.82) is 5.26 Å². The maximum Gasteiger partial charge on any atom is 0.172 e. The van der Waals surface area contributed by atoms with E-state index in [-0.39, 0.29) is 24.9 Å². The summed E-state index contributed by atoms with van der Waals surface area (Å²) >= 11 is 0. The fraction of sp³-hybridized carbons (Fsp3) is 0.778. The Morgan fingerprint density at radius 3 is 2.75 bits per heavy atom. The molecule has 0 aromatic carbocycles. The van der Waals surface area contributed by atoms with Gasteiger partial charge in [0.2, 0.25) is 0 Å². The predicted molar refractivity (Wildman–Crippen MR) is 43.4 cm³/mol. The van der Waals surface area contributed by atoms with E-state index in [1.54, 1.807) is 0 Å². The van der Waals surface area contributed by atoms with Gasteiger partial charge in [0.05, 0.1) is 18.6 Å². The third-order valence-corrected chi connectivity index (χ3v) is 2.06. The average Bonchev–Trinajstić information content (AvgIpc) is 2.53. The second-order valence-electron chi connectivity index (χ2n) is 3.09. The summed E-state index contributed by atoms with van der Waals surface area (Å²) < 4.78 is 5.32. The number of rotatable bonds is 4. The fourth-order valence-corrected chi connectivity index (χ4v) is 1.41. The molecular weight excluding hydrogens is 154 g/mol. The number of carbonyl (C=O) groups excluding carboxylic acids is 1. The van der Waals surface area contributed by atoms with E-state index in [1.165, 1.54) is 12.8 Å². The number of ether oxygens (including phenoxy) is 1. The number of ketones is 1. The van der Waals surface area contributed by atoms with Gasteiger partial charge in [0, 0.05) is 0 Å². The van der Waals surface area contributed by atoms with Gasteiger partial charge in [-0.15, -0.1) is 0 Å². The lowest BCUT2D eigenvalue weighted by atomic mass is 10.3. The first-order valence-corrected chi connectivity index (χ1v) is 4.33. The van der Waals surface area contributed by atoms with Crippen LogP contribution in [0.25, 0.3) is 0 Å². The van der Waals surface area contributed by atoms with Crippen LogP contribution in [0.15, 0.2) is 0 Å². The predicted octanol–water partition coefficient (Wildman–Crippen LogP) is 1.43. The number of carbonyl (C=O) groups is 1. The van der Waals surface area contributed by atoms with Crippen LogP contribution < -0.4 is 0 Å². The van der Waals surface area contributed by atoms with E-state index >= 15 is 0 Å². The van der Waals surface area contributed by atoms with Crippen LogP contribution in [-0.2, 0) is 9.53 Å². The highest BCUT2D eigenvalue weighted by Gasteiger charge is 2.16. The number of nitriles is 1. The van der Waals surface area contributed by atoms with E-state index in [9.17, 15) is 4.79 Å². The number of Topliss-reactive ketones (excluding diaryl/α,β-unsaturated/α-hetero) is 1. The van der Waals surface area contributed by atoms with Crippen molar-refractivity contribution in [2.24, 2.45) is 0 Å². The monoisotopic (exact) mass is 167 g/mol. The Kier molecular flexibility index (Phi) is 3.75. The number of hydrogen-bond donors (Lipinski definition) is 0. The van der Waals surface area contributed by atoms with E-state index in [2.05, 4.69) is 0 Å². The van der Waals surface area contributed by atoms with E-state index in [0.29, 0.717) is 0 Å². The van der Waals surface area contributed by atoms with Crippen LogP contribution in [0.3, 0.4) is 0 Å². The first kappa shape index (κ1) is 9.21. The van der Waals surface area contributed by atoms with Gasteiger partial charge in [0.15, 0.2) is 5.78 Å². The maximum atomic E-state index is 10.9. The van der Waals surface area contributed by atoms with E-state index < -0.39 is 0 Å². The zero-order valence-corrected chi connectivity index (χ0v) is 7.08. The molecule has 12 heavy (non-hydrogen) atoms. The summed E-state index contributed by atoms with van der Waals surface area (Å²) in [6, 6.07) is 1.81. The molecular formula is C9H13NO2. The normalized spacial score (nSPS) is 17.6. The summed E-state index contributed by atoms with van der Waals surface area (Å²) in [6.45, 7) is 0.123. The Hall–Kier alpha value is -0.880. The number of hydrogen-bond acceptors (Lipinski definition) is 3. The van der Waals surface area contributed by atoms with Crippen molar-refractivity contribution >= 4 is 5.78 Å². The molecule has 0 N–H and O–H groups in total. The molecule has 66 valence electrons. The van der Waals surface area contributed by atoms with Gasteiger partial charge in [0.1, 0.15) is 6.61 Å². The molecule has 0 aromatic rings. The van der Waals surface area contributed by atoms with E-state index in [4.69, 9.17) is 10.00 Å². The van der Waals surface area contributed by atoms with Gasteiger partial charge in [-0.3, -0.25) is 4.79 Å². The molecule has 0 atom stereocenters. The van der Waals surface area contributed by atoms with E-state index in [1.807, 2.05) is 6.07 Å². The van der Waals surface area contributed by atoms with E-state index in [0.717, 1.165) is 12.8 Å². The molecule has 0 amide bonds. The fourth-order valence-electron chi connectivity index (χ4n) is 1.41. The minimum Gasteiger partial charge on any atom is -0.370 e. The van der Waals surface area contributed by atoms with Crippen LogP contribution in [0.2, 0.25) is 0 Å². The molecule has 1 fully saturated rings. The lowest BCUT2D eigenvalue weighted by molar-refractivity contribution is -0.124. The van der Waals surface area contributed by atoms with Gasteiger partial charge >= 0.3 is 0 Å². The standard InChI is InChI=1S/C9H13NO2/c10-6-5-8(11)7-12-9-3-1-2-4-9/h9H,1-5,7H2. The Morgan fingerprint density at radius 1 is 1.50 bits per heavy atom. The summed E-state index contributed by atoms with van der Waals surface area (Å²) in [5.74, 6) is -0.107. The second kappa shape index (κ2) is 4.89. The molecule has 1 rings (SSSR count). The van der Waals surface area contributed by atoms with Crippen molar-refractivity contribution in [3.63, 3.8) is 0 Å². The summed E-state index contributed by atoms with van der Waals surface area (Å²) in [5, 5.41) is 8.20.